The number of nitrogens with zero attached hydrogens (tertiary/aromatic N) is 1. The quantitative estimate of drug-likeness (QED) is 0.490. The predicted molar refractivity (Wildman–Crippen MR) is 93.1 cm³/mol. The Labute approximate surface area is 131 Å². The zero-order chi connectivity index (χ0) is 15.7. The van der Waals surface area contributed by atoms with Gasteiger partial charge < -0.3 is 9.47 Å². The van der Waals surface area contributed by atoms with Crippen LogP contribution in [0.2, 0.25) is 19.6 Å². The fourth-order valence-corrected chi connectivity index (χ4v) is 3.46. The van der Waals surface area contributed by atoms with Crippen LogP contribution in [0.15, 0.2) is 24.3 Å². The van der Waals surface area contributed by atoms with Gasteiger partial charge in [0.25, 0.3) is 0 Å². The summed E-state index contributed by atoms with van der Waals surface area (Å²) in [5.74, 6) is 0. The molecule has 0 amide bonds. The fourth-order valence-electron chi connectivity index (χ4n) is 2.29. The summed E-state index contributed by atoms with van der Waals surface area (Å²) >= 11 is 0. The van der Waals surface area contributed by atoms with Crippen molar-refractivity contribution < 1.29 is 9.47 Å². The van der Waals surface area contributed by atoms with E-state index < -0.39 is 8.07 Å². The molecular weight excluding hydrogens is 278 g/mol. The molecule has 3 nitrogen and oxygen atoms in total. The summed E-state index contributed by atoms with van der Waals surface area (Å²) in [6, 6.07) is 9.18. The van der Waals surface area contributed by atoms with Crippen LogP contribution in [-0.2, 0) is 16.0 Å². The third kappa shape index (κ3) is 7.22. The summed E-state index contributed by atoms with van der Waals surface area (Å²) < 4.78 is 10.4. The Kier molecular flexibility index (Phi) is 8.18. The molecule has 21 heavy (non-hydrogen) atoms. The highest BCUT2D eigenvalue weighted by Crippen LogP contribution is 2.08. The fraction of sp³-hybridized carbons (Fsp3) is 0.647. The standard InChI is InChI=1S/C17H31NO2Si/c1-19-13-6-11-18(12-14-20-2)15-16-7-9-17(10-8-16)21(3,4)5/h7-10H,6,11-15H2,1-5H3. The third-order valence-electron chi connectivity index (χ3n) is 3.66. The van der Waals surface area contributed by atoms with Crippen LogP contribution in [0.4, 0.5) is 0 Å². The molecule has 0 unspecified atom stereocenters. The van der Waals surface area contributed by atoms with Crippen molar-refractivity contribution in [3.05, 3.63) is 29.8 Å². The topological polar surface area (TPSA) is 21.7 Å². The molecule has 4 heteroatoms. The van der Waals surface area contributed by atoms with Crippen molar-refractivity contribution in [3.8, 4) is 0 Å². The van der Waals surface area contributed by atoms with Crippen molar-refractivity contribution in [2.45, 2.75) is 32.6 Å². The molecule has 0 N–H and O–H groups in total. The summed E-state index contributed by atoms with van der Waals surface area (Å²) in [6.07, 6.45) is 1.06. The van der Waals surface area contributed by atoms with E-state index >= 15 is 0 Å². The summed E-state index contributed by atoms with van der Waals surface area (Å²) in [5, 5.41) is 1.52. The predicted octanol–water partition coefficient (Wildman–Crippen LogP) is 2.72. The molecule has 0 saturated carbocycles. The minimum Gasteiger partial charge on any atom is -0.385 e. The van der Waals surface area contributed by atoms with E-state index in [1.165, 1.54) is 10.8 Å². The second kappa shape index (κ2) is 9.36. The van der Waals surface area contributed by atoms with Gasteiger partial charge >= 0.3 is 0 Å². The molecule has 0 saturated heterocycles. The first-order valence-corrected chi connectivity index (χ1v) is 11.3. The van der Waals surface area contributed by atoms with Crippen molar-refractivity contribution in [1.82, 2.24) is 4.90 Å². The molecule has 0 atom stereocenters. The molecule has 0 aliphatic heterocycles. The Morgan fingerprint density at radius 2 is 1.52 bits per heavy atom. The highest BCUT2D eigenvalue weighted by atomic mass is 28.3. The van der Waals surface area contributed by atoms with E-state index in [0.717, 1.165) is 39.3 Å². The van der Waals surface area contributed by atoms with Crippen LogP contribution in [0.3, 0.4) is 0 Å². The van der Waals surface area contributed by atoms with Gasteiger partial charge in [-0.05, 0) is 12.0 Å². The first-order chi connectivity index (χ1) is 9.97. The maximum absolute atomic E-state index is 5.21. The molecule has 0 heterocycles. The van der Waals surface area contributed by atoms with Gasteiger partial charge in [-0.2, -0.15) is 0 Å². The van der Waals surface area contributed by atoms with E-state index in [4.69, 9.17) is 9.47 Å². The van der Waals surface area contributed by atoms with Gasteiger partial charge in [0.2, 0.25) is 0 Å². The van der Waals surface area contributed by atoms with Gasteiger partial charge in [0, 0.05) is 40.5 Å². The molecule has 0 aliphatic rings. The molecule has 0 spiro atoms. The molecule has 0 radical (unpaired) electrons. The second-order valence-electron chi connectivity index (χ2n) is 6.56. The summed E-state index contributed by atoms with van der Waals surface area (Å²) in [4.78, 5) is 2.44. The molecule has 0 fully saturated rings. The number of benzene rings is 1. The lowest BCUT2D eigenvalue weighted by atomic mass is 10.2. The van der Waals surface area contributed by atoms with Crippen molar-refractivity contribution in [1.29, 1.82) is 0 Å². The van der Waals surface area contributed by atoms with E-state index in [1.807, 2.05) is 0 Å². The van der Waals surface area contributed by atoms with E-state index in [2.05, 4.69) is 48.8 Å². The molecular formula is C17H31NO2Si. The van der Waals surface area contributed by atoms with Crippen molar-refractivity contribution >= 4 is 13.3 Å². The van der Waals surface area contributed by atoms with Crippen molar-refractivity contribution in [2.75, 3.05) is 40.5 Å². The van der Waals surface area contributed by atoms with Crippen LogP contribution < -0.4 is 5.19 Å². The largest absolute Gasteiger partial charge is 0.385 e. The smallest absolute Gasteiger partial charge is 0.0775 e. The lowest BCUT2D eigenvalue weighted by molar-refractivity contribution is 0.129. The zero-order valence-electron chi connectivity index (χ0n) is 14.3. The highest BCUT2D eigenvalue weighted by molar-refractivity contribution is 6.88. The Hall–Kier alpha value is -0.683. The number of methoxy groups -OCH3 is 2. The first kappa shape index (κ1) is 18.4. The molecule has 0 aromatic heterocycles. The van der Waals surface area contributed by atoms with Crippen molar-refractivity contribution in [2.24, 2.45) is 0 Å². The van der Waals surface area contributed by atoms with Crippen molar-refractivity contribution in [3.63, 3.8) is 0 Å². The SMILES string of the molecule is COCCCN(CCOC)Cc1ccc([Si](C)(C)C)cc1. The zero-order valence-corrected chi connectivity index (χ0v) is 15.3. The molecule has 120 valence electrons. The van der Waals surface area contributed by atoms with E-state index in [9.17, 15) is 0 Å². The lowest BCUT2D eigenvalue weighted by Crippen LogP contribution is -2.37. The monoisotopic (exact) mass is 309 g/mol. The maximum atomic E-state index is 5.21. The summed E-state index contributed by atoms with van der Waals surface area (Å²) in [6.45, 7) is 11.8. The lowest BCUT2D eigenvalue weighted by Gasteiger charge is -2.23. The number of hydrogen-bond acceptors (Lipinski definition) is 3. The third-order valence-corrected chi connectivity index (χ3v) is 5.73. The van der Waals surface area contributed by atoms with Gasteiger partial charge in [-0.1, -0.05) is 49.1 Å². The second-order valence-corrected chi connectivity index (χ2v) is 11.6. The molecule has 0 aliphatic carbocycles. The van der Waals surface area contributed by atoms with Crippen LogP contribution >= 0.6 is 0 Å². The minimum atomic E-state index is -1.19. The first-order valence-electron chi connectivity index (χ1n) is 7.77. The minimum absolute atomic E-state index is 0.778. The Morgan fingerprint density at radius 1 is 0.905 bits per heavy atom. The van der Waals surface area contributed by atoms with E-state index in [-0.39, 0.29) is 0 Å². The average Bonchev–Trinajstić information content (AvgIpc) is 2.44. The Bertz CT molecular complexity index is 387. The molecule has 1 aromatic rings. The van der Waals surface area contributed by atoms with Crippen LogP contribution in [-0.4, -0.2) is 53.5 Å². The molecule has 1 rings (SSSR count). The van der Waals surface area contributed by atoms with Gasteiger partial charge in [-0.15, -0.1) is 0 Å². The van der Waals surface area contributed by atoms with E-state index in [0.29, 0.717) is 0 Å². The maximum Gasteiger partial charge on any atom is 0.0775 e. The van der Waals surface area contributed by atoms with Crippen LogP contribution in [0.5, 0.6) is 0 Å². The van der Waals surface area contributed by atoms with Gasteiger partial charge in [0.1, 0.15) is 0 Å². The van der Waals surface area contributed by atoms with E-state index in [1.54, 1.807) is 14.2 Å². The summed E-state index contributed by atoms with van der Waals surface area (Å²) in [5.41, 5.74) is 1.38. The molecule has 0 bridgehead atoms. The van der Waals surface area contributed by atoms with Crippen LogP contribution in [0, 0.1) is 0 Å². The highest BCUT2D eigenvalue weighted by Gasteiger charge is 2.15. The Morgan fingerprint density at radius 3 is 2.05 bits per heavy atom. The van der Waals surface area contributed by atoms with Gasteiger partial charge in [-0.3, -0.25) is 4.90 Å². The number of hydrogen-bond donors (Lipinski definition) is 0. The Balaban J connectivity index is 2.60. The van der Waals surface area contributed by atoms with Gasteiger partial charge in [0.05, 0.1) is 14.7 Å². The van der Waals surface area contributed by atoms with Crippen LogP contribution in [0.1, 0.15) is 12.0 Å². The van der Waals surface area contributed by atoms with Crippen LogP contribution in [0.25, 0.3) is 0 Å². The normalized spacial score (nSPS) is 12.1. The number of rotatable bonds is 10. The number of ether oxygens (including phenoxy) is 2. The van der Waals surface area contributed by atoms with Gasteiger partial charge in [0.15, 0.2) is 0 Å². The molecule has 1 aromatic carbocycles. The summed E-state index contributed by atoms with van der Waals surface area (Å²) in [7, 11) is 2.33. The van der Waals surface area contributed by atoms with Gasteiger partial charge in [-0.25, -0.2) is 0 Å². The average molecular weight is 310 g/mol.